The van der Waals surface area contributed by atoms with Gasteiger partial charge in [0.05, 0.1) is 0 Å². The van der Waals surface area contributed by atoms with Gasteiger partial charge >= 0.3 is 0 Å². The topological polar surface area (TPSA) is 97.8 Å². The number of nitrogens with zero attached hydrogens (tertiary/aromatic N) is 1. The van der Waals surface area contributed by atoms with E-state index in [-0.39, 0.29) is 22.1 Å². The van der Waals surface area contributed by atoms with Crippen molar-refractivity contribution >= 4 is 25.6 Å². The zero-order chi connectivity index (χ0) is 18.6. The molecule has 0 spiro atoms. The predicted octanol–water partition coefficient (Wildman–Crippen LogP) is 1.42. The van der Waals surface area contributed by atoms with Crippen LogP contribution < -0.4 is 0 Å². The molecule has 1 atom stereocenters. The Balaban J connectivity index is 2.13. The van der Waals surface area contributed by atoms with Crippen LogP contribution in [0.1, 0.15) is 28.8 Å². The molecule has 9 heteroatoms. The highest BCUT2D eigenvalue weighted by atomic mass is 32.2. The summed E-state index contributed by atoms with van der Waals surface area (Å²) in [6, 6.07) is 6.67. The van der Waals surface area contributed by atoms with Crippen LogP contribution in [-0.4, -0.2) is 45.7 Å². The van der Waals surface area contributed by atoms with E-state index in [0.717, 1.165) is 12.5 Å². The van der Waals surface area contributed by atoms with Crippen molar-refractivity contribution in [3.63, 3.8) is 0 Å². The predicted molar refractivity (Wildman–Crippen MR) is 91.7 cm³/mol. The fraction of sp³-hybridized carbons (Fsp3) is 0.438. The fourth-order valence-electron chi connectivity index (χ4n) is 2.86. The van der Waals surface area contributed by atoms with Gasteiger partial charge in [-0.05, 0) is 31.4 Å². The van der Waals surface area contributed by atoms with Gasteiger partial charge in [0.1, 0.15) is 4.91 Å². The highest BCUT2D eigenvalue weighted by Crippen LogP contribution is 2.46. The van der Waals surface area contributed by atoms with Gasteiger partial charge in [0.2, 0.25) is 5.37 Å². The van der Waals surface area contributed by atoms with Crippen LogP contribution in [0.2, 0.25) is 0 Å². The summed E-state index contributed by atoms with van der Waals surface area (Å²) in [4.78, 5) is 18.1. The van der Waals surface area contributed by atoms with Gasteiger partial charge in [-0.25, -0.2) is 16.8 Å². The Hall–Kier alpha value is -1.87. The molecule has 0 radical (unpaired) electrons. The van der Waals surface area contributed by atoms with Gasteiger partial charge in [-0.2, -0.15) is 0 Å². The number of carbonyl (C=O) groups excluding carboxylic acids is 1. The lowest BCUT2D eigenvalue weighted by Crippen LogP contribution is -2.42. The molecule has 25 heavy (non-hydrogen) atoms. The number of rotatable bonds is 4. The van der Waals surface area contributed by atoms with E-state index in [1.807, 2.05) is 0 Å². The molecule has 136 valence electrons. The maximum absolute atomic E-state index is 12.9. The molecule has 0 aromatic heterocycles. The molecule has 2 aliphatic rings. The molecule has 1 aromatic carbocycles. The molecule has 1 fully saturated rings. The molecule has 1 saturated carbocycles. The van der Waals surface area contributed by atoms with Crippen molar-refractivity contribution in [2.45, 2.75) is 25.1 Å². The number of sulfone groups is 2. The second kappa shape index (κ2) is 5.84. The minimum absolute atomic E-state index is 0.0832. The van der Waals surface area contributed by atoms with E-state index in [1.54, 1.807) is 31.2 Å². The molecule has 7 nitrogen and oxygen atoms in total. The lowest BCUT2D eigenvalue weighted by Gasteiger charge is -2.23. The van der Waals surface area contributed by atoms with Crippen molar-refractivity contribution in [2.24, 2.45) is 5.92 Å². The standard InChI is InChI=1S/C16H19NO6S2/c1-10-6-4-5-7-12(10)15(18)17-16(25(3,21)22)14(24(2,19)20)13(23-17)11-8-9-11/h4-7,11,16H,8-9H2,1-3H3. The normalized spacial score (nSPS) is 21.4. The van der Waals surface area contributed by atoms with E-state index in [9.17, 15) is 21.6 Å². The number of carbonyl (C=O) groups is 1. The molecule has 0 saturated heterocycles. The molecule has 0 bridgehead atoms. The average Bonchev–Trinajstić information content (AvgIpc) is 3.23. The lowest BCUT2D eigenvalue weighted by atomic mass is 10.1. The maximum atomic E-state index is 12.9. The molecular weight excluding hydrogens is 366 g/mol. The summed E-state index contributed by atoms with van der Waals surface area (Å²) in [5, 5.41) is -0.966. The van der Waals surface area contributed by atoms with Crippen LogP contribution in [0, 0.1) is 12.8 Å². The van der Waals surface area contributed by atoms with Gasteiger partial charge in [-0.1, -0.05) is 18.2 Å². The van der Waals surface area contributed by atoms with Crippen molar-refractivity contribution in [3.8, 4) is 0 Å². The molecule has 0 N–H and O–H groups in total. The molecular formula is C16H19NO6S2. The number of allylic oxidation sites excluding steroid dienone is 1. The average molecular weight is 385 g/mol. The number of hydrogen-bond donors (Lipinski definition) is 0. The lowest BCUT2D eigenvalue weighted by molar-refractivity contribution is -0.0721. The van der Waals surface area contributed by atoms with E-state index < -0.39 is 31.0 Å². The van der Waals surface area contributed by atoms with Crippen LogP contribution >= 0.6 is 0 Å². The third kappa shape index (κ3) is 3.30. The van der Waals surface area contributed by atoms with Gasteiger partial charge in [-0.15, -0.1) is 5.06 Å². The number of benzene rings is 1. The van der Waals surface area contributed by atoms with Crippen LogP contribution in [-0.2, 0) is 24.5 Å². The van der Waals surface area contributed by atoms with E-state index >= 15 is 0 Å². The van der Waals surface area contributed by atoms with Crippen molar-refractivity contribution in [1.29, 1.82) is 0 Å². The van der Waals surface area contributed by atoms with Crippen LogP contribution in [0.25, 0.3) is 0 Å². The summed E-state index contributed by atoms with van der Waals surface area (Å²) in [6.07, 6.45) is 3.25. The zero-order valence-corrected chi connectivity index (χ0v) is 15.7. The highest BCUT2D eigenvalue weighted by Gasteiger charge is 2.52. The third-order valence-electron chi connectivity index (χ3n) is 4.21. The Morgan fingerprint density at radius 2 is 1.72 bits per heavy atom. The molecule has 1 aliphatic carbocycles. The van der Waals surface area contributed by atoms with Gasteiger partial charge in [0, 0.05) is 24.0 Å². The summed E-state index contributed by atoms with van der Waals surface area (Å²) < 4.78 is 49.2. The molecule has 1 aromatic rings. The minimum Gasteiger partial charge on any atom is -0.378 e. The largest absolute Gasteiger partial charge is 0.378 e. The molecule has 1 unspecified atom stereocenters. The van der Waals surface area contributed by atoms with E-state index in [2.05, 4.69) is 0 Å². The third-order valence-corrected chi connectivity index (χ3v) is 6.82. The van der Waals surface area contributed by atoms with E-state index in [1.165, 1.54) is 0 Å². The van der Waals surface area contributed by atoms with Crippen molar-refractivity contribution in [3.05, 3.63) is 46.1 Å². The smallest absolute Gasteiger partial charge is 0.288 e. The summed E-state index contributed by atoms with van der Waals surface area (Å²) in [5.74, 6) is -0.756. The van der Waals surface area contributed by atoms with Crippen LogP contribution in [0.4, 0.5) is 0 Å². The summed E-state index contributed by atoms with van der Waals surface area (Å²) in [5.41, 5.74) is 0.908. The number of amides is 1. The second-order valence-corrected chi connectivity index (χ2v) is 10.6. The molecule has 1 aliphatic heterocycles. The highest BCUT2D eigenvalue weighted by molar-refractivity contribution is 7.97. The SMILES string of the molecule is Cc1ccccc1C(=O)N1OC(C2CC2)=C(S(C)(=O)=O)C1S(C)(=O)=O. The van der Waals surface area contributed by atoms with Crippen molar-refractivity contribution < 1.29 is 26.5 Å². The summed E-state index contributed by atoms with van der Waals surface area (Å²) in [7, 11) is -7.81. The van der Waals surface area contributed by atoms with Gasteiger partial charge in [-0.3, -0.25) is 4.79 Å². The first-order chi connectivity index (χ1) is 11.5. The Kier molecular flexibility index (Phi) is 4.19. The summed E-state index contributed by atoms with van der Waals surface area (Å²) >= 11 is 0. The quantitative estimate of drug-likeness (QED) is 0.777. The van der Waals surface area contributed by atoms with Crippen LogP contribution in [0.5, 0.6) is 0 Å². The number of hydroxylamine groups is 2. The number of hydrogen-bond acceptors (Lipinski definition) is 6. The first-order valence-electron chi connectivity index (χ1n) is 7.72. The van der Waals surface area contributed by atoms with E-state index in [4.69, 9.17) is 4.84 Å². The fourth-order valence-corrected chi connectivity index (χ4v) is 5.93. The molecule has 1 heterocycles. The van der Waals surface area contributed by atoms with Gasteiger partial charge in [0.25, 0.3) is 5.91 Å². The Morgan fingerprint density at radius 1 is 1.12 bits per heavy atom. The number of aryl methyl sites for hydroxylation is 1. The summed E-state index contributed by atoms with van der Waals surface area (Å²) in [6.45, 7) is 1.71. The second-order valence-electron chi connectivity index (χ2n) is 6.49. The first-order valence-corrected chi connectivity index (χ1v) is 11.6. The van der Waals surface area contributed by atoms with Crippen molar-refractivity contribution in [2.75, 3.05) is 12.5 Å². The molecule has 1 amide bonds. The van der Waals surface area contributed by atoms with E-state index in [0.29, 0.717) is 23.5 Å². The zero-order valence-electron chi connectivity index (χ0n) is 14.1. The first kappa shape index (κ1) is 17.9. The van der Waals surface area contributed by atoms with Crippen LogP contribution in [0.3, 0.4) is 0 Å². The van der Waals surface area contributed by atoms with Crippen molar-refractivity contribution in [1.82, 2.24) is 5.06 Å². The monoisotopic (exact) mass is 385 g/mol. The minimum atomic E-state index is -3.95. The Labute approximate surface area is 147 Å². The van der Waals surface area contributed by atoms with Gasteiger partial charge < -0.3 is 4.84 Å². The Bertz CT molecular complexity index is 974. The van der Waals surface area contributed by atoms with Gasteiger partial charge in [0.15, 0.2) is 25.4 Å². The molecule has 3 rings (SSSR count). The Morgan fingerprint density at radius 3 is 2.20 bits per heavy atom. The maximum Gasteiger partial charge on any atom is 0.288 e. The van der Waals surface area contributed by atoms with Crippen LogP contribution in [0.15, 0.2) is 34.9 Å².